The Morgan fingerprint density at radius 1 is 1.35 bits per heavy atom. The van der Waals surface area contributed by atoms with Crippen LogP contribution in [0.3, 0.4) is 0 Å². The van der Waals surface area contributed by atoms with Gasteiger partial charge in [0.2, 0.25) is 5.91 Å². The van der Waals surface area contributed by atoms with Gasteiger partial charge in [-0.05, 0) is 18.2 Å². The number of carbonyl (C=O) groups excluding carboxylic acids is 2. The van der Waals surface area contributed by atoms with Gasteiger partial charge in [-0.3, -0.25) is 9.59 Å². The minimum atomic E-state index is -3.87. The number of nitrogen functional groups attached to an aromatic ring is 1. The van der Waals surface area contributed by atoms with Gasteiger partial charge in [-0.25, -0.2) is 8.42 Å². The molecule has 0 spiro atoms. The average Bonchev–Trinajstić information content (AvgIpc) is 2.32. The van der Waals surface area contributed by atoms with Gasteiger partial charge in [-0.2, -0.15) is 0 Å². The van der Waals surface area contributed by atoms with Crippen molar-refractivity contribution in [3.05, 3.63) is 23.2 Å². The van der Waals surface area contributed by atoms with E-state index in [0.717, 1.165) is 7.11 Å². The number of amides is 1. The van der Waals surface area contributed by atoms with Crippen LogP contribution in [-0.4, -0.2) is 38.9 Å². The Bertz CT molecular complexity index is 630. The lowest BCUT2D eigenvalue weighted by Crippen LogP contribution is -2.28. The zero-order valence-corrected chi connectivity index (χ0v) is 12.1. The summed E-state index contributed by atoms with van der Waals surface area (Å²) in [5.74, 6) is -3.38. The van der Waals surface area contributed by atoms with E-state index >= 15 is 0 Å². The normalized spacial score (nSPS) is 10.9. The number of nitrogens with two attached hydrogens (primary N) is 1. The Kier molecular flexibility index (Phi) is 5.34. The third-order valence-electron chi connectivity index (χ3n) is 2.20. The van der Waals surface area contributed by atoms with Crippen LogP contribution >= 0.6 is 11.6 Å². The molecule has 3 N–H and O–H groups in total. The van der Waals surface area contributed by atoms with Gasteiger partial charge in [-0.15, -0.1) is 0 Å². The highest BCUT2D eigenvalue weighted by atomic mass is 35.5. The number of esters is 1. The van der Waals surface area contributed by atoms with Gasteiger partial charge in [0.05, 0.1) is 17.8 Å². The second-order valence-electron chi connectivity index (χ2n) is 3.89. The van der Waals surface area contributed by atoms with E-state index in [1.165, 1.54) is 18.2 Å². The number of nitrogens with one attached hydrogen (secondary N) is 1. The second-order valence-corrected chi connectivity index (χ2v) is 6.36. The maximum Gasteiger partial charge on any atom is 0.320 e. The minimum absolute atomic E-state index is 0.252. The lowest BCUT2D eigenvalue weighted by Gasteiger charge is -2.07. The quantitative estimate of drug-likeness (QED) is 0.601. The Hall–Kier alpha value is -1.80. The fourth-order valence-electron chi connectivity index (χ4n) is 1.31. The number of methoxy groups -OCH3 is 1. The molecule has 1 aromatic carbocycles. The molecule has 0 bridgehead atoms. The largest absolute Gasteiger partial charge is 0.468 e. The molecule has 0 aliphatic rings. The first-order valence-corrected chi connectivity index (χ1v) is 7.55. The van der Waals surface area contributed by atoms with Gasteiger partial charge in [-0.1, -0.05) is 11.6 Å². The van der Waals surface area contributed by atoms with E-state index in [1.54, 1.807) is 0 Å². The Morgan fingerprint density at radius 2 is 2.00 bits per heavy atom. The molecule has 0 unspecified atom stereocenters. The Balaban J connectivity index is 2.68. The van der Waals surface area contributed by atoms with Gasteiger partial charge in [0.1, 0.15) is 11.5 Å². The maximum atomic E-state index is 11.6. The Labute approximate surface area is 121 Å². The topological polar surface area (TPSA) is 116 Å². The van der Waals surface area contributed by atoms with Crippen molar-refractivity contribution in [3.8, 4) is 0 Å². The summed E-state index contributed by atoms with van der Waals surface area (Å²) in [6.07, 6.45) is 0. The van der Waals surface area contributed by atoms with Crippen molar-refractivity contribution in [1.82, 2.24) is 0 Å². The summed E-state index contributed by atoms with van der Waals surface area (Å²) in [5.41, 5.74) is 6.11. The third-order valence-corrected chi connectivity index (χ3v) is 3.92. The Morgan fingerprint density at radius 3 is 2.55 bits per heavy atom. The number of ether oxygens (including phenoxy) is 1. The summed E-state index contributed by atoms with van der Waals surface area (Å²) in [7, 11) is -2.81. The number of hydrogen-bond acceptors (Lipinski definition) is 6. The molecule has 0 heterocycles. The summed E-state index contributed by atoms with van der Waals surface area (Å²) in [5, 5.41) is 2.67. The molecule has 1 amide bonds. The van der Waals surface area contributed by atoms with Gasteiger partial charge < -0.3 is 15.8 Å². The van der Waals surface area contributed by atoms with Gasteiger partial charge in [0, 0.05) is 5.69 Å². The molecule has 110 valence electrons. The zero-order chi connectivity index (χ0) is 15.3. The summed E-state index contributed by atoms with van der Waals surface area (Å²) in [4.78, 5) is 22.5. The number of sulfone groups is 1. The van der Waals surface area contributed by atoms with Crippen molar-refractivity contribution in [2.45, 2.75) is 0 Å². The highest BCUT2D eigenvalue weighted by Crippen LogP contribution is 2.22. The summed E-state index contributed by atoms with van der Waals surface area (Å²) < 4.78 is 27.3. The first-order valence-electron chi connectivity index (χ1n) is 5.35. The van der Waals surface area contributed by atoms with Crippen molar-refractivity contribution in [3.63, 3.8) is 0 Å². The molecule has 0 saturated heterocycles. The van der Waals surface area contributed by atoms with E-state index in [1.807, 2.05) is 0 Å². The lowest BCUT2D eigenvalue weighted by molar-refractivity contribution is -0.137. The summed E-state index contributed by atoms with van der Waals surface area (Å²) >= 11 is 5.71. The number of rotatable bonds is 5. The highest BCUT2D eigenvalue weighted by Gasteiger charge is 2.21. The van der Waals surface area contributed by atoms with E-state index in [-0.39, 0.29) is 5.69 Å². The first kappa shape index (κ1) is 16.3. The van der Waals surface area contributed by atoms with E-state index < -0.39 is 33.2 Å². The third kappa shape index (κ3) is 5.06. The van der Waals surface area contributed by atoms with Crippen LogP contribution in [-0.2, 0) is 24.2 Å². The molecule has 1 aromatic rings. The van der Waals surface area contributed by atoms with Gasteiger partial charge in [0.15, 0.2) is 9.84 Å². The standard InChI is InChI=1S/C11H13ClN2O5S/c1-19-11(16)6-20(17,18)5-10(15)14-7-2-3-8(12)9(13)4-7/h2-4H,5-6,13H2,1H3,(H,14,15). The average molecular weight is 321 g/mol. The molecule has 0 atom stereocenters. The summed E-state index contributed by atoms with van der Waals surface area (Å²) in [6.45, 7) is 0. The smallest absolute Gasteiger partial charge is 0.320 e. The highest BCUT2D eigenvalue weighted by molar-refractivity contribution is 7.92. The fraction of sp³-hybridized carbons (Fsp3) is 0.273. The maximum absolute atomic E-state index is 11.6. The minimum Gasteiger partial charge on any atom is -0.468 e. The molecule has 0 fully saturated rings. The molecular formula is C11H13ClN2O5S. The molecule has 20 heavy (non-hydrogen) atoms. The number of halogens is 1. The molecule has 0 aromatic heterocycles. The number of hydrogen-bond donors (Lipinski definition) is 2. The zero-order valence-electron chi connectivity index (χ0n) is 10.6. The van der Waals surface area contributed by atoms with Crippen molar-refractivity contribution in [1.29, 1.82) is 0 Å². The number of anilines is 2. The van der Waals surface area contributed by atoms with Gasteiger partial charge in [0.25, 0.3) is 0 Å². The van der Waals surface area contributed by atoms with Gasteiger partial charge >= 0.3 is 5.97 Å². The molecule has 7 nitrogen and oxygen atoms in total. The van der Waals surface area contributed by atoms with Crippen molar-refractivity contribution in [2.75, 3.05) is 29.7 Å². The van der Waals surface area contributed by atoms with Crippen LogP contribution in [0.25, 0.3) is 0 Å². The molecular weight excluding hydrogens is 308 g/mol. The first-order chi connectivity index (χ1) is 9.23. The van der Waals surface area contributed by atoms with Crippen molar-refractivity contribution >= 4 is 44.7 Å². The lowest BCUT2D eigenvalue weighted by atomic mass is 10.3. The molecule has 1 rings (SSSR count). The molecule has 0 radical (unpaired) electrons. The molecule has 0 saturated carbocycles. The van der Waals surface area contributed by atoms with Crippen molar-refractivity contribution < 1.29 is 22.7 Å². The van der Waals surface area contributed by atoms with Crippen LogP contribution in [0.2, 0.25) is 5.02 Å². The van der Waals surface area contributed by atoms with Crippen LogP contribution in [0, 0.1) is 0 Å². The fourth-order valence-corrected chi connectivity index (χ4v) is 2.48. The monoisotopic (exact) mass is 320 g/mol. The summed E-state index contributed by atoms with van der Waals surface area (Å²) in [6, 6.07) is 4.34. The van der Waals surface area contributed by atoms with Crippen LogP contribution in [0.4, 0.5) is 11.4 Å². The molecule has 0 aliphatic carbocycles. The van der Waals surface area contributed by atoms with Crippen LogP contribution in [0.5, 0.6) is 0 Å². The second kappa shape index (κ2) is 6.58. The van der Waals surface area contributed by atoms with E-state index in [0.29, 0.717) is 10.7 Å². The van der Waals surface area contributed by atoms with E-state index in [4.69, 9.17) is 17.3 Å². The predicted octanol–water partition coefficient (Wildman–Crippen LogP) is 0.448. The van der Waals surface area contributed by atoms with Crippen LogP contribution < -0.4 is 11.1 Å². The van der Waals surface area contributed by atoms with E-state index in [9.17, 15) is 18.0 Å². The van der Waals surface area contributed by atoms with Crippen molar-refractivity contribution in [2.24, 2.45) is 0 Å². The number of carbonyl (C=O) groups is 2. The molecule has 9 heteroatoms. The van der Waals surface area contributed by atoms with Crippen LogP contribution in [0.15, 0.2) is 18.2 Å². The number of benzene rings is 1. The molecule has 0 aliphatic heterocycles. The van der Waals surface area contributed by atoms with E-state index in [2.05, 4.69) is 10.1 Å². The predicted molar refractivity (Wildman–Crippen MR) is 75.2 cm³/mol. The SMILES string of the molecule is COC(=O)CS(=O)(=O)CC(=O)Nc1ccc(Cl)c(N)c1. The van der Waals surface area contributed by atoms with Crippen LogP contribution in [0.1, 0.15) is 0 Å².